The second kappa shape index (κ2) is 6.19. The normalized spacial score (nSPS) is 33.4. The highest BCUT2D eigenvalue weighted by molar-refractivity contribution is 5.81. The average molecular weight is 250 g/mol. The molecule has 1 fully saturated rings. The minimum Gasteiger partial charge on any atom is -0.466 e. The van der Waals surface area contributed by atoms with Crippen LogP contribution in [0.15, 0.2) is 24.3 Å². The number of ether oxygens (including phenoxy) is 1. The van der Waals surface area contributed by atoms with E-state index in [1.807, 2.05) is 6.08 Å². The lowest BCUT2D eigenvalue weighted by molar-refractivity contribution is -0.134. The van der Waals surface area contributed by atoms with E-state index in [1.54, 1.807) is 0 Å². The zero-order valence-electron chi connectivity index (χ0n) is 10.9. The Balaban J connectivity index is 1.72. The fourth-order valence-corrected chi connectivity index (χ4v) is 3.44. The van der Waals surface area contributed by atoms with Crippen molar-refractivity contribution in [2.75, 3.05) is 13.7 Å². The molecule has 1 N–H and O–H groups in total. The van der Waals surface area contributed by atoms with Gasteiger partial charge in [0.1, 0.15) is 0 Å². The zero-order valence-corrected chi connectivity index (χ0v) is 10.9. The maximum atomic E-state index is 10.9. The molecule has 0 radical (unpaired) electrons. The Morgan fingerprint density at radius 3 is 2.78 bits per heavy atom. The lowest BCUT2D eigenvalue weighted by Crippen LogP contribution is -2.22. The van der Waals surface area contributed by atoms with Crippen LogP contribution in [-0.4, -0.2) is 24.8 Å². The third-order valence-electron chi connectivity index (χ3n) is 4.37. The first-order valence-corrected chi connectivity index (χ1v) is 6.80. The summed E-state index contributed by atoms with van der Waals surface area (Å²) in [6.45, 7) is 0.314. The molecule has 0 saturated heterocycles. The van der Waals surface area contributed by atoms with E-state index in [0.717, 1.165) is 19.3 Å². The third kappa shape index (κ3) is 2.83. The van der Waals surface area contributed by atoms with Crippen LogP contribution in [0.5, 0.6) is 0 Å². The van der Waals surface area contributed by atoms with E-state index in [2.05, 4.69) is 16.9 Å². The monoisotopic (exact) mass is 250 g/mol. The molecule has 3 nitrogen and oxygen atoms in total. The topological polar surface area (TPSA) is 46.5 Å². The fourth-order valence-electron chi connectivity index (χ4n) is 3.44. The molecule has 0 aliphatic heterocycles. The van der Waals surface area contributed by atoms with Crippen molar-refractivity contribution in [3.63, 3.8) is 0 Å². The van der Waals surface area contributed by atoms with Gasteiger partial charge in [0.25, 0.3) is 0 Å². The number of hydrogen-bond donors (Lipinski definition) is 1. The molecule has 0 amide bonds. The number of methoxy groups -OCH3 is 1. The predicted octanol–water partition coefficient (Wildman–Crippen LogP) is 2.32. The van der Waals surface area contributed by atoms with Crippen LogP contribution in [0.3, 0.4) is 0 Å². The highest BCUT2D eigenvalue weighted by atomic mass is 16.5. The van der Waals surface area contributed by atoms with Crippen molar-refractivity contribution in [1.82, 2.24) is 0 Å². The summed E-state index contributed by atoms with van der Waals surface area (Å²) in [6, 6.07) is 0. The van der Waals surface area contributed by atoms with Gasteiger partial charge in [-0.25, -0.2) is 4.79 Å². The first-order valence-electron chi connectivity index (χ1n) is 6.80. The van der Waals surface area contributed by atoms with Gasteiger partial charge < -0.3 is 9.84 Å². The number of fused-ring (bicyclic) bond motifs is 2. The predicted molar refractivity (Wildman–Crippen MR) is 69.8 cm³/mol. The first-order chi connectivity index (χ1) is 8.76. The molecule has 0 aromatic heterocycles. The molecule has 2 aliphatic carbocycles. The van der Waals surface area contributed by atoms with Gasteiger partial charge in [0.2, 0.25) is 0 Å². The van der Waals surface area contributed by atoms with E-state index in [1.165, 1.54) is 19.6 Å². The molecular formula is C15H22O3. The second-order valence-electron chi connectivity index (χ2n) is 5.32. The van der Waals surface area contributed by atoms with Crippen molar-refractivity contribution in [1.29, 1.82) is 0 Å². The van der Waals surface area contributed by atoms with Gasteiger partial charge in [-0.1, -0.05) is 18.2 Å². The summed E-state index contributed by atoms with van der Waals surface area (Å²) in [6.07, 6.45) is 12.3. The van der Waals surface area contributed by atoms with E-state index in [-0.39, 0.29) is 5.97 Å². The molecule has 0 heterocycles. The summed E-state index contributed by atoms with van der Waals surface area (Å²) in [5, 5.41) is 9.46. The molecule has 2 aliphatic rings. The zero-order chi connectivity index (χ0) is 13.0. The molecule has 4 unspecified atom stereocenters. The minimum atomic E-state index is -0.286. The fraction of sp³-hybridized carbons (Fsp3) is 0.667. The Kier molecular flexibility index (Phi) is 4.59. The van der Waals surface area contributed by atoms with Gasteiger partial charge in [-0.15, -0.1) is 0 Å². The molecule has 0 aromatic rings. The number of hydrogen-bond acceptors (Lipinski definition) is 3. The van der Waals surface area contributed by atoms with Crippen molar-refractivity contribution >= 4 is 5.97 Å². The Morgan fingerprint density at radius 2 is 2.11 bits per heavy atom. The van der Waals surface area contributed by atoms with Crippen molar-refractivity contribution in [3.05, 3.63) is 24.3 Å². The van der Waals surface area contributed by atoms with Gasteiger partial charge in [-0.05, 0) is 49.4 Å². The van der Waals surface area contributed by atoms with E-state index in [4.69, 9.17) is 0 Å². The van der Waals surface area contributed by atoms with Crippen molar-refractivity contribution < 1.29 is 14.6 Å². The van der Waals surface area contributed by atoms with Crippen LogP contribution in [-0.2, 0) is 9.53 Å². The molecular weight excluding hydrogens is 228 g/mol. The standard InChI is InChI=1S/C15H22O3/c1-18-15(17)6-4-2-3-5-13-11-7-8-12(9-11)14(13)10-16/h4,6-8,11-14,16H,2-3,5,9-10H2,1H3. The van der Waals surface area contributed by atoms with Crippen LogP contribution in [0.25, 0.3) is 0 Å². The van der Waals surface area contributed by atoms with Gasteiger partial charge in [0, 0.05) is 12.7 Å². The number of carbonyl (C=O) groups is 1. The van der Waals surface area contributed by atoms with Crippen LogP contribution >= 0.6 is 0 Å². The van der Waals surface area contributed by atoms with Crippen molar-refractivity contribution in [2.24, 2.45) is 23.7 Å². The smallest absolute Gasteiger partial charge is 0.330 e. The number of unbranched alkanes of at least 4 members (excludes halogenated alkanes) is 1. The third-order valence-corrected chi connectivity index (χ3v) is 4.37. The molecule has 0 spiro atoms. The van der Waals surface area contributed by atoms with Crippen LogP contribution < -0.4 is 0 Å². The van der Waals surface area contributed by atoms with Gasteiger partial charge in [0.05, 0.1) is 7.11 Å². The lowest BCUT2D eigenvalue weighted by atomic mass is 9.80. The summed E-state index contributed by atoms with van der Waals surface area (Å²) in [4.78, 5) is 10.9. The van der Waals surface area contributed by atoms with Crippen LogP contribution in [0.4, 0.5) is 0 Å². The SMILES string of the molecule is COC(=O)C=CCCCC1C2C=CC(C2)C1CO. The average Bonchev–Trinajstić information content (AvgIpc) is 2.98. The number of allylic oxidation sites excluding steroid dienone is 3. The minimum absolute atomic E-state index is 0.286. The molecule has 2 rings (SSSR count). The molecule has 0 aromatic carbocycles. The molecule has 100 valence electrons. The molecule has 3 heteroatoms. The van der Waals surface area contributed by atoms with E-state index < -0.39 is 0 Å². The van der Waals surface area contributed by atoms with Gasteiger partial charge in [-0.3, -0.25) is 0 Å². The Bertz CT molecular complexity index is 346. The summed E-state index contributed by atoms with van der Waals surface area (Å²) in [7, 11) is 1.39. The summed E-state index contributed by atoms with van der Waals surface area (Å²) < 4.78 is 4.54. The Morgan fingerprint density at radius 1 is 1.39 bits per heavy atom. The number of carbonyl (C=O) groups excluding carboxylic acids is 1. The summed E-state index contributed by atoms with van der Waals surface area (Å²) in [5.74, 6) is 2.10. The first kappa shape index (κ1) is 13.3. The van der Waals surface area contributed by atoms with Crippen LogP contribution in [0.1, 0.15) is 25.7 Å². The molecule has 1 saturated carbocycles. The van der Waals surface area contributed by atoms with E-state index in [0.29, 0.717) is 30.3 Å². The van der Waals surface area contributed by atoms with E-state index in [9.17, 15) is 9.90 Å². The summed E-state index contributed by atoms with van der Waals surface area (Å²) in [5.41, 5.74) is 0. The van der Waals surface area contributed by atoms with Gasteiger partial charge in [0.15, 0.2) is 0 Å². The number of aliphatic hydroxyl groups excluding tert-OH is 1. The lowest BCUT2D eigenvalue weighted by Gasteiger charge is -2.26. The number of rotatable bonds is 6. The Labute approximate surface area is 109 Å². The molecule has 4 atom stereocenters. The largest absolute Gasteiger partial charge is 0.466 e. The van der Waals surface area contributed by atoms with Crippen LogP contribution in [0, 0.1) is 23.7 Å². The highest BCUT2D eigenvalue weighted by Gasteiger charge is 2.43. The van der Waals surface area contributed by atoms with Crippen LogP contribution in [0.2, 0.25) is 0 Å². The molecule has 18 heavy (non-hydrogen) atoms. The highest BCUT2D eigenvalue weighted by Crippen LogP contribution is 2.49. The van der Waals surface area contributed by atoms with Crippen molar-refractivity contribution in [2.45, 2.75) is 25.7 Å². The maximum absolute atomic E-state index is 10.9. The number of esters is 1. The Hall–Kier alpha value is -1.09. The summed E-state index contributed by atoms with van der Waals surface area (Å²) >= 11 is 0. The van der Waals surface area contributed by atoms with Gasteiger partial charge in [-0.2, -0.15) is 0 Å². The quantitative estimate of drug-likeness (QED) is 0.340. The number of aliphatic hydroxyl groups is 1. The van der Waals surface area contributed by atoms with Crippen molar-refractivity contribution in [3.8, 4) is 0 Å². The van der Waals surface area contributed by atoms with Gasteiger partial charge >= 0.3 is 5.97 Å². The second-order valence-corrected chi connectivity index (χ2v) is 5.32. The maximum Gasteiger partial charge on any atom is 0.330 e. The van der Waals surface area contributed by atoms with E-state index >= 15 is 0 Å². The molecule has 2 bridgehead atoms.